The summed E-state index contributed by atoms with van der Waals surface area (Å²) in [7, 11) is 0. The summed E-state index contributed by atoms with van der Waals surface area (Å²) in [4.78, 5) is 10.7. The fraction of sp³-hybridized carbons (Fsp3) is 0.552. The number of carboxylic acids is 1. The van der Waals surface area contributed by atoms with E-state index in [1.165, 1.54) is 0 Å². The minimum absolute atomic E-state index is 0. The van der Waals surface area contributed by atoms with Gasteiger partial charge in [-0.2, -0.15) is 0 Å². The molecule has 0 bridgehead atoms. The van der Waals surface area contributed by atoms with Gasteiger partial charge in [0.1, 0.15) is 12.4 Å². The third kappa shape index (κ3) is 9.42. The Morgan fingerprint density at radius 1 is 0.946 bits per heavy atom. The second-order valence-corrected chi connectivity index (χ2v) is 11.4. The first-order valence-corrected chi connectivity index (χ1v) is 13.4. The zero-order valence-electron chi connectivity index (χ0n) is 22.0. The number of rotatable bonds is 13. The van der Waals surface area contributed by atoms with Crippen molar-refractivity contribution in [2.75, 3.05) is 6.61 Å². The van der Waals surface area contributed by atoms with Crippen LogP contribution in [-0.4, -0.2) is 69.7 Å². The fourth-order valence-corrected chi connectivity index (χ4v) is 4.99. The van der Waals surface area contributed by atoms with Gasteiger partial charge in [0.2, 0.25) is 0 Å². The molecule has 8 heteroatoms. The van der Waals surface area contributed by atoms with Gasteiger partial charge >= 0.3 is 35.5 Å². The number of hydrogen-bond donors (Lipinski definition) is 3. The van der Waals surface area contributed by atoms with Crippen LogP contribution < -0.4 is 4.74 Å². The normalized spacial score (nSPS) is 13.5. The molecule has 0 fully saturated rings. The van der Waals surface area contributed by atoms with Crippen molar-refractivity contribution in [1.29, 1.82) is 0 Å². The summed E-state index contributed by atoms with van der Waals surface area (Å²) in [6, 6.07) is 11.9. The van der Waals surface area contributed by atoms with Crippen molar-refractivity contribution in [1.82, 2.24) is 0 Å². The van der Waals surface area contributed by atoms with Crippen LogP contribution in [-0.2, 0) is 16.6 Å². The van der Waals surface area contributed by atoms with E-state index in [9.17, 15) is 15.0 Å². The van der Waals surface area contributed by atoms with Crippen LogP contribution in [0.15, 0.2) is 36.4 Å². The first-order chi connectivity index (χ1) is 16.8. The van der Waals surface area contributed by atoms with Gasteiger partial charge in [0, 0.05) is 16.9 Å². The van der Waals surface area contributed by atoms with E-state index < -0.39 is 18.2 Å². The number of halogens is 2. The van der Waals surface area contributed by atoms with Crippen LogP contribution in [0, 0.1) is 5.41 Å². The predicted molar refractivity (Wildman–Crippen MR) is 154 cm³/mol. The third-order valence-corrected chi connectivity index (χ3v) is 7.75. The standard InChI is InChI=1S/C29H40Cl2O5.Na.H/c1-6-29(7-2,20-10-8-19(23(30)16-20)9-14-26(33)28(3,4)5)21-11-13-25(24(31)17-21)36-18-22(32)12-15-27(34)35;;/h8,10-11,13,16-17,22,26,32-33H,6-7,9,12,14-15,18H2,1-5H3,(H,34,35);;. The molecular weight excluding hydrogens is 522 g/mol. The van der Waals surface area contributed by atoms with Crippen LogP contribution in [0.4, 0.5) is 0 Å². The van der Waals surface area contributed by atoms with Crippen molar-refractivity contribution in [2.24, 2.45) is 5.41 Å². The zero-order valence-corrected chi connectivity index (χ0v) is 23.5. The van der Waals surface area contributed by atoms with E-state index in [1.54, 1.807) is 6.07 Å². The second kappa shape index (κ2) is 15.1. The Hall–Kier alpha value is -0.790. The SMILES string of the molecule is CCC(CC)(c1ccc(CCC(O)C(C)(C)C)c(Cl)c1)c1ccc(OCC(O)CCC(=O)O)c(Cl)c1.[NaH]. The number of carbonyl (C=O) groups is 1. The monoisotopic (exact) mass is 562 g/mol. The molecule has 2 unspecified atom stereocenters. The first kappa shape index (κ1) is 34.2. The molecule has 0 saturated heterocycles. The van der Waals surface area contributed by atoms with Crippen molar-refractivity contribution in [2.45, 2.75) is 90.8 Å². The molecule has 0 aromatic heterocycles. The van der Waals surface area contributed by atoms with E-state index in [1.807, 2.05) is 39.0 Å². The number of aryl methyl sites for hydroxylation is 1. The Morgan fingerprint density at radius 2 is 1.51 bits per heavy atom. The van der Waals surface area contributed by atoms with E-state index in [0.29, 0.717) is 28.6 Å². The van der Waals surface area contributed by atoms with E-state index in [-0.39, 0.29) is 59.8 Å². The number of carboxylic acid groups (broad SMARTS) is 1. The third-order valence-electron chi connectivity index (χ3n) is 7.11. The van der Waals surface area contributed by atoms with Crippen molar-refractivity contribution in [3.8, 4) is 5.75 Å². The molecule has 0 radical (unpaired) electrons. The fourth-order valence-electron chi connectivity index (χ4n) is 4.48. The number of hydrogen-bond acceptors (Lipinski definition) is 4. The molecule has 0 heterocycles. The Morgan fingerprint density at radius 3 is 2.00 bits per heavy atom. The van der Waals surface area contributed by atoms with Crippen molar-refractivity contribution in [3.05, 3.63) is 63.1 Å². The molecule has 5 nitrogen and oxygen atoms in total. The molecule has 37 heavy (non-hydrogen) atoms. The summed E-state index contributed by atoms with van der Waals surface area (Å²) in [5, 5.41) is 30.3. The van der Waals surface area contributed by atoms with Gasteiger partial charge in [-0.05, 0) is 72.4 Å². The molecule has 0 aliphatic rings. The van der Waals surface area contributed by atoms with Crippen LogP contribution in [0.25, 0.3) is 0 Å². The number of ether oxygens (including phenoxy) is 1. The van der Waals surface area contributed by atoms with E-state index in [0.717, 1.165) is 29.5 Å². The molecule has 3 N–H and O–H groups in total. The number of benzene rings is 2. The van der Waals surface area contributed by atoms with Crippen LogP contribution in [0.2, 0.25) is 10.0 Å². The molecule has 0 amide bonds. The zero-order chi connectivity index (χ0) is 27.1. The van der Waals surface area contributed by atoms with Crippen molar-refractivity contribution < 1.29 is 24.9 Å². The average molecular weight is 564 g/mol. The Labute approximate surface area is 253 Å². The summed E-state index contributed by atoms with van der Waals surface area (Å²) in [5.74, 6) is -0.510. The van der Waals surface area contributed by atoms with Crippen LogP contribution in [0.1, 0.15) is 83.4 Å². The predicted octanol–water partition coefficient (Wildman–Crippen LogP) is 6.40. The van der Waals surface area contributed by atoms with Gasteiger partial charge < -0.3 is 20.1 Å². The van der Waals surface area contributed by atoms with Crippen molar-refractivity contribution in [3.63, 3.8) is 0 Å². The van der Waals surface area contributed by atoms with E-state index in [4.69, 9.17) is 33.0 Å². The maximum atomic E-state index is 10.7. The van der Waals surface area contributed by atoms with Crippen molar-refractivity contribution >= 4 is 58.7 Å². The Kier molecular flexibility index (Phi) is 14.0. The Balaban J connectivity index is 0.00000684. The van der Waals surface area contributed by atoms with E-state index in [2.05, 4.69) is 26.0 Å². The summed E-state index contributed by atoms with van der Waals surface area (Å²) in [6.07, 6.45) is 1.75. The second-order valence-electron chi connectivity index (χ2n) is 10.6. The molecule has 0 aliphatic heterocycles. The van der Waals surface area contributed by atoms with Crippen LogP contribution in [0.3, 0.4) is 0 Å². The average Bonchev–Trinajstić information content (AvgIpc) is 2.82. The van der Waals surface area contributed by atoms with Gasteiger partial charge in [-0.3, -0.25) is 4.79 Å². The number of aliphatic hydroxyl groups is 2. The molecule has 2 aromatic carbocycles. The van der Waals surface area contributed by atoms with E-state index >= 15 is 0 Å². The number of aliphatic carboxylic acids is 1. The molecule has 2 aromatic rings. The van der Waals surface area contributed by atoms with Crippen LogP contribution in [0.5, 0.6) is 5.75 Å². The minimum atomic E-state index is -0.956. The van der Waals surface area contributed by atoms with Gasteiger partial charge in [-0.25, -0.2) is 0 Å². The van der Waals surface area contributed by atoms with Gasteiger partial charge in [0.15, 0.2) is 0 Å². The van der Waals surface area contributed by atoms with Gasteiger partial charge in [-0.15, -0.1) is 0 Å². The van der Waals surface area contributed by atoms with Crippen LogP contribution >= 0.6 is 23.2 Å². The molecular formula is C29H41Cl2NaO5. The Bertz CT molecular complexity index is 1020. The maximum absolute atomic E-state index is 10.7. The summed E-state index contributed by atoms with van der Waals surface area (Å²) in [6.45, 7) is 10.3. The van der Waals surface area contributed by atoms with Gasteiger partial charge in [0.25, 0.3) is 0 Å². The molecule has 2 atom stereocenters. The van der Waals surface area contributed by atoms with Gasteiger partial charge in [-0.1, -0.05) is 76.0 Å². The molecule has 0 aliphatic carbocycles. The topological polar surface area (TPSA) is 87.0 Å². The first-order valence-electron chi connectivity index (χ1n) is 12.6. The molecule has 0 saturated carbocycles. The molecule has 202 valence electrons. The summed E-state index contributed by atoms with van der Waals surface area (Å²) in [5.41, 5.74) is 2.70. The summed E-state index contributed by atoms with van der Waals surface area (Å²) < 4.78 is 5.66. The van der Waals surface area contributed by atoms with Gasteiger partial charge in [0.05, 0.1) is 17.2 Å². The molecule has 2 rings (SSSR count). The molecule has 0 spiro atoms. The number of aliphatic hydroxyl groups excluding tert-OH is 2. The quantitative estimate of drug-likeness (QED) is 0.246. The summed E-state index contributed by atoms with van der Waals surface area (Å²) >= 11 is 13.3.